The number of aryl methyl sites for hydroxylation is 1. The van der Waals surface area contributed by atoms with Crippen molar-refractivity contribution in [1.29, 1.82) is 0 Å². The Hall–Kier alpha value is -2.44. The van der Waals surface area contributed by atoms with Crippen LogP contribution in [0, 0.1) is 6.92 Å². The molecule has 2 saturated heterocycles. The van der Waals surface area contributed by atoms with Crippen LogP contribution in [-0.2, 0) is 9.47 Å². The van der Waals surface area contributed by atoms with Gasteiger partial charge in [0.25, 0.3) is 5.91 Å². The van der Waals surface area contributed by atoms with E-state index < -0.39 is 0 Å². The third-order valence-corrected chi connectivity index (χ3v) is 6.70. The summed E-state index contributed by atoms with van der Waals surface area (Å²) in [6, 6.07) is 9.77. The number of hydrogen-bond acceptors (Lipinski definition) is 5. The van der Waals surface area contributed by atoms with Crippen LogP contribution in [-0.4, -0.2) is 53.3 Å². The highest BCUT2D eigenvalue weighted by molar-refractivity contribution is 5.94. The number of nitrogens with zero attached hydrogens (tertiary/aromatic N) is 2. The van der Waals surface area contributed by atoms with Crippen LogP contribution in [0.3, 0.4) is 0 Å². The van der Waals surface area contributed by atoms with Gasteiger partial charge in [-0.15, -0.1) is 0 Å². The van der Waals surface area contributed by atoms with E-state index in [2.05, 4.69) is 4.98 Å². The van der Waals surface area contributed by atoms with Crippen LogP contribution >= 0.6 is 0 Å². The molecule has 1 aromatic carbocycles. The maximum absolute atomic E-state index is 13.2. The van der Waals surface area contributed by atoms with Gasteiger partial charge in [-0.3, -0.25) is 9.78 Å². The molecule has 0 aliphatic carbocycles. The van der Waals surface area contributed by atoms with Crippen LogP contribution in [0.25, 0.3) is 0 Å². The third kappa shape index (κ3) is 5.56. The number of benzene rings is 1. The molecule has 178 valence electrons. The molecule has 0 saturated carbocycles. The van der Waals surface area contributed by atoms with E-state index in [1.807, 2.05) is 75.3 Å². The van der Waals surface area contributed by atoms with Gasteiger partial charge in [0.2, 0.25) is 0 Å². The largest absolute Gasteiger partial charge is 0.491 e. The summed E-state index contributed by atoms with van der Waals surface area (Å²) in [7, 11) is 0. The highest BCUT2D eigenvalue weighted by Gasteiger charge is 2.45. The third-order valence-electron chi connectivity index (χ3n) is 6.70. The van der Waals surface area contributed by atoms with Crippen LogP contribution in [0.4, 0.5) is 0 Å². The predicted octanol–water partition coefficient (Wildman–Crippen LogP) is 5.11. The number of rotatable bonds is 6. The van der Waals surface area contributed by atoms with Crippen molar-refractivity contribution in [2.45, 2.75) is 77.3 Å². The monoisotopic (exact) mass is 452 g/mol. The number of pyridine rings is 1. The molecule has 4 rings (SSSR count). The smallest absolute Gasteiger partial charge is 0.253 e. The van der Waals surface area contributed by atoms with Gasteiger partial charge < -0.3 is 19.1 Å². The molecule has 1 amide bonds. The van der Waals surface area contributed by atoms with Gasteiger partial charge in [-0.2, -0.15) is 0 Å². The van der Waals surface area contributed by atoms with Crippen molar-refractivity contribution in [3.05, 3.63) is 59.4 Å². The first-order chi connectivity index (χ1) is 15.9. The number of likely N-dealkylation sites (tertiary alicyclic amines) is 1. The number of carbonyl (C=O) groups is 1. The zero-order chi connectivity index (χ0) is 23.4. The molecule has 6 nitrogen and oxygen atoms in total. The van der Waals surface area contributed by atoms with Crippen LogP contribution in [0.1, 0.15) is 74.0 Å². The molecular weight excluding hydrogens is 416 g/mol. The zero-order valence-corrected chi connectivity index (χ0v) is 20.3. The van der Waals surface area contributed by atoms with E-state index >= 15 is 0 Å². The molecule has 1 aromatic heterocycles. The molecule has 3 heterocycles. The van der Waals surface area contributed by atoms with E-state index in [4.69, 9.17) is 14.2 Å². The fourth-order valence-electron chi connectivity index (χ4n) is 5.07. The minimum absolute atomic E-state index is 0.00305. The Balaban J connectivity index is 1.44. The van der Waals surface area contributed by atoms with Gasteiger partial charge in [0.1, 0.15) is 5.75 Å². The Kier molecular flexibility index (Phi) is 7.35. The molecule has 2 aliphatic rings. The molecule has 2 atom stereocenters. The fraction of sp³-hybridized carbons (Fsp3) is 0.556. The van der Waals surface area contributed by atoms with Gasteiger partial charge in [0, 0.05) is 50.5 Å². The summed E-state index contributed by atoms with van der Waals surface area (Å²) in [4.78, 5) is 19.3. The highest BCUT2D eigenvalue weighted by atomic mass is 16.5. The first kappa shape index (κ1) is 23.7. The average Bonchev–Trinajstić information content (AvgIpc) is 2.81. The van der Waals surface area contributed by atoms with Gasteiger partial charge in [-0.1, -0.05) is 0 Å². The Bertz CT molecular complexity index is 938. The van der Waals surface area contributed by atoms with Crippen molar-refractivity contribution in [2.75, 3.05) is 19.7 Å². The maximum Gasteiger partial charge on any atom is 0.253 e. The van der Waals surface area contributed by atoms with Crippen LogP contribution in [0.5, 0.6) is 5.75 Å². The molecule has 0 N–H and O–H groups in total. The number of carbonyl (C=O) groups excluding carboxylic acids is 1. The summed E-state index contributed by atoms with van der Waals surface area (Å²) in [5.41, 5.74) is 2.59. The van der Waals surface area contributed by atoms with Crippen molar-refractivity contribution >= 4 is 5.91 Å². The molecule has 2 fully saturated rings. The van der Waals surface area contributed by atoms with E-state index in [9.17, 15) is 4.79 Å². The minimum Gasteiger partial charge on any atom is -0.491 e. The van der Waals surface area contributed by atoms with Gasteiger partial charge in [0.05, 0.1) is 23.9 Å². The average molecular weight is 453 g/mol. The molecule has 2 aliphatic heterocycles. The summed E-state index contributed by atoms with van der Waals surface area (Å²) in [5.74, 6) is 0.908. The Morgan fingerprint density at radius 3 is 2.58 bits per heavy atom. The second-order valence-electron chi connectivity index (χ2n) is 9.53. The highest BCUT2D eigenvalue weighted by Crippen LogP contribution is 2.44. The Morgan fingerprint density at radius 2 is 1.94 bits per heavy atom. The lowest BCUT2D eigenvalue weighted by Gasteiger charge is -2.48. The van der Waals surface area contributed by atoms with E-state index in [-0.39, 0.29) is 29.8 Å². The van der Waals surface area contributed by atoms with E-state index in [1.165, 1.54) is 0 Å². The van der Waals surface area contributed by atoms with E-state index in [1.54, 1.807) is 0 Å². The van der Waals surface area contributed by atoms with Gasteiger partial charge in [-0.25, -0.2) is 0 Å². The first-order valence-electron chi connectivity index (χ1n) is 12.1. The van der Waals surface area contributed by atoms with E-state index in [0.29, 0.717) is 25.3 Å². The fourth-order valence-corrected chi connectivity index (χ4v) is 5.07. The number of amides is 1. The summed E-state index contributed by atoms with van der Waals surface area (Å²) in [5, 5.41) is 0. The first-order valence-corrected chi connectivity index (χ1v) is 12.1. The normalized spacial score (nSPS) is 22.5. The van der Waals surface area contributed by atoms with Crippen molar-refractivity contribution in [1.82, 2.24) is 9.88 Å². The Labute approximate surface area is 197 Å². The zero-order valence-electron chi connectivity index (χ0n) is 20.3. The maximum atomic E-state index is 13.2. The lowest BCUT2D eigenvalue weighted by molar-refractivity contribution is -0.190. The summed E-state index contributed by atoms with van der Waals surface area (Å²) < 4.78 is 18.6. The van der Waals surface area contributed by atoms with Crippen LogP contribution in [0.2, 0.25) is 0 Å². The molecular formula is C27H36N2O4. The molecule has 0 bridgehead atoms. The molecule has 33 heavy (non-hydrogen) atoms. The van der Waals surface area contributed by atoms with Crippen molar-refractivity contribution in [2.24, 2.45) is 0 Å². The van der Waals surface area contributed by atoms with Gasteiger partial charge >= 0.3 is 0 Å². The molecule has 6 heteroatoms. The van der Waals surface area contributed by atoms with Crippen LogP contribution < -0.4 is 4.74 Å². The van der Waals surface area contributed by atoms with E-state index in [0.717, 1.165) is 42.6 Å². The standard InChI is InChI=1S/C27H36N2O4/c1-5-31-23-17-25(21-8-12-28-13-9-21)33-27(18-23)10-14-29(15-11-27)26(30)22-6-7-24(20(4)16-22)32-19(2)3/h6-9,12-13,16,19,23,25H,5,10-11,14-15,17-18H2,1-4H3/t23-,25-/m0/s1. The molecule has 0 unspecified atom stereocenters. The summed E-state index contributed by atoms with van der Waals surface area (Å²) >= 11 is 0. The topological polar surface area (TPSA) is 60.9 Å². The second-order valence-corrected chi connectivity index (χ2v) is 9.53. The quantitative estimate of drug-likeness (QED) is 0.610. The van der Waals surface area contributed by atoms with Gasteiger partial charge in [-0.05, 0) is 82.0 Å². The molecule has 2 aromatic rings. The summed E-state index contributed by atoms with van der Waals surface area (Å²) in [6.45, 7) is 10.1. The van der Waals surface area contributed by atoms with Crippen LogP contribution in [0.15, 0.2) is 42.7 Å². The molecule has 1 spiro atoms. The minimum atomic E-state index is -0.256. The number of ether oxygens (including phenoxy) is 3. The number of piperidine rings is 1. The van der Waals surface area contributed by atoms with Crippen molar-refractivity contribution < 1.29 is 19.0 Å². The van der Waals surface area contributed by atoms with Gasteiger partial charge in [0.15, 0.2) is 0 Å². The lowest BCUT2D eigenvalue weighted by atomic mass is 9.80. The summed E-state index contributed by atoms with van der Waals surface area (Å²) in [6.07, 6.45) is 7.27. The molecule has 0 radical (unpaired) electrons. The van der Waals surface area contributed by atoms with Crippen molar-refractivity contribution in [3.8, 4) is 5.75 Å². The number of aromatic nitrogens is 1. The lowest BCUT2D eigenvalue weighted by Crippen LogP contribution is -2.52. The second kappa shape index (κ2) is 10.2. The Morgan fingerprint density at radius 1 is 1.21 bits per heavy atom. The number of hydrogen-bond donors (Lipinski definition) is 0. The predicted molar refractivity (Wildman–Crippen MR) is 128 cm³/mol. The van der Waals surface area contributed by atoms with Crippen molar-refractivity contribution in [3.63, 3.8) is 0 Å². The SMILES string of the molecule is CCO[C@H]1C[C@@H](c2ccncc2)OC2(CCN(C(=O)c3ccc(OC(C)C)c(C)c3)CC2)C1.